The predicted octanol–water partition coefficient (Wildman–Crippen LogP) is 1.76. The molecule has 0 amide bonds. The normalized spacial score (nSPS) is 20.7. The van der Waals surface area contributed by atoms with Crippen molar-refractivity contribution in [3.05, 3.63) is 29.7 Å². The van der Waals surface area contributed by atoms with E-state index in [4.69, 9.17) is 4.74 Å². The number of hydrogen-bond donors (Lipinski definition) is 0. The van der Waals surface area contributed by atoms with E-state index < -0.39 is 0 Å². The number of aryl methyl sites for hydroxylation is 1. The number of hydrogen-bond acceptors (Lipinski definition) is 3. The Hall–Kier alpha value is -1.42. The highest BCUT2D eigenvalue weighted by Crippen LogP contribution is 2.17. The second-order valence-electron chi connectivity index (χ2n) is 4.32. The van der Waals surface area contributed by atoms with Gasteiger partial charge in [-0.1, -0.05) is 6.07 Å². The largest absolute Gasteiger partial charge is 0.378 e. The maximum atomic E-state index is 5.63. The van der Waals surface area contributed by atoms with Crippen molar-refractivity contribution in [2.24, 2.45) is 0 Å². The molecule has 84 valence electrons. The number of rotatable bonds is 2. The number of pyridine rings is 1. The Bertz CT molecular complexity index is 500. The Morgan fingerprint density at radius 2 is 2.38 bits per heavy atom. The third kappa shape index (κ3) is 1.59. The summed E-state index contributed by atoms with van der Waals surface area (Å²) in [7, 11) is 0. The van der Waals surface area contributed by atoms with Gasteiger partial charge in [0, 0.05) is 18.7 Å². The summed E-state index contributed by atoms with van der Waals surface area (Å²) in [6.07, 6.45) is 3.50. The molecule has 1 aliphatic rings. The Kier molecular flexibility index (Phi) is 2.36. The van der Waals surface area contributed by atoms with Crippen LogP contribution in [0.3, 0.4) is 0 Å². The summed E-state index contributed by atoms with van der Waals surface area (Å²) < 4.78 is 7.75. The first-order valence-corrected chi connectivity index (χ1v) is 5.76. The maximum Gasteiger partial charge on any atom is 0.160 e. The Morgan fingerprint density at radius 3 is 3.19 bits per heavy atom. The second-order valence-corrected chi connectivity index (χ2v) is 4.32. The molecular formula is C12H15N3O. The third-order valence-corrected chi connectivity index (χ3v) is 3.12. The quantitative estimate of drug-likeness (QED) is 0.769. The molecule has 3 heterocycles. The molecule has 4 heteroatoms. The van der Waals surface area contributed by atoms with Crippen molar-refractivity contribution in [2.75, 3.05) is 6.61 Å². The van der Waals surface area contributed by atoms with Gasteiger partial charge in [-0.15, -0.1) is 10.2 Å². The van der Waals surface area contributed by atoms with Crippen molar-refractivity contribution >= 4 is 5.65 Å². The van der Waals surface area contributed by atoms with Gasteiger partial charge in [-0.3, -0.25) is 4.40 Å². The third-order valence-electron chi connectivity index (χ3n) is 3.12. The lowest BCUT2D eigenvalue weighted by molar-refractivity contribution is 0.109. The van der Waals surface area contributed by atoms with E-state index in [1.165, 1.54) is 12.1 Å². The van der Waals surface area contributed by atoms with Gasteiger partial charge in [0.2, 0.25) is 0 Å². The number of nitrogens with zero attached hydrogens (tertiary/aromatic N) is 3. The summed E-state index contributed by atoms with van der Waals surface area (Å²) >= 11 is 0. The van der Waals surface area contributed by atoms with Crippen molar-refractivity contribution < 1.29 is 4.74 Å². The molecule has 0 spiro atoms. The van der Waals surface area contributed by atoms with Crippen LogP contribution in [-0.4, -0.2) is 27.3 Å². The van der Waals surface area contributed by atoms with Crippen molar-refractivity contribution in [3.8, 4) is 0 Å². The summed E-state index contributed by atoms with van der Waals surface area (Å²) in [5.41, 5.74) is 2.10. The lowest BCUT2D eigenvalue weighted by Crippen LogP contribution is -2.12. The molecule has 0 aromatic carbocycles. The van der Waals surface area contributed by atoms with Gasteiger partial charge in [0.15, 0.2) is 5.65 Å². The van der Waals surface area contributed by atoms with Crippen LogP contribution >= 0.6 is 0 Å². The van der Waals surface area contributed by atoms with Crippen LogP contribution in [-0.2, 0) is 11.2 Å². The summed E-state index contributed by atoms with van der Waals surface area (Å²) in [6.45, 7) is 2.97. The molecule has 4 nitrogen and oxygen atoms in total. The molecule has 2 aromatic rings. The molecule has 0 aliphatic carbocycles. The van der Waals surface area contributed by atoms with E-state index >= 15 is 0 Å². The van der Waals surface area contributed by atoms with Crippen molar-refractivity contribution in [2.45, 2.75) is 32.3 Å². The molecule has 1 fully saturated rings. The minimum absolute atomic E-state index is 0.326. The fourth-order valence-corrected chi connectivity index (χ4v) is 2.31. The highest BCUT2D eigenvalue weighted by atomic mass is 16.5. The molecule has 1 unspecified atom stereocenters. The van der Waals surface area contributed by atoms with Gasteiger partial charge in [-0.25, -0.2) is 0 Å². The molecule has 16 heavy (non-hydrogen) atoms. The van der Waals surface area contributed by atoms with E-state index in [1.54, 1.807) is 0 Å². The monoisotopic (exact) mass is 217 g/mol. The molecule has 0 N–H and O–H groups in total. The van der Waals surface area contributed by atoms with Gasteiger partial charge in [-0.05, 0) is 31.9 Å². The molecular weight excluding hydrogens is 202 g/mol. The van der Waals surface area contributed by atoms with Gasteiger partial charge in [0.1, 0.15) is 5.82 Å². The zero-order valence-corrected chi connectivity index (χ0v) is 9.39. The average molecular weight is 217 g/mol. The zero-order valence-electron chi connectivity index (χ0n) is 9.39. The van der Waals surface area contributed by atoms with Crippen LogP contribution < -0.4 is 0 Å². The minimum atomic E-state index is 0.326. The van der Waals surface area contributed by atoms with E-state index in [-0.39, 0.29) is 0 Å². The van der Waals surface area contributed by atoms with Crippen LogP contribution in [0.2, 0.25) is 0 Å². The van der Waals surface area contributed by atoms with E-state index in [0.717, 1.165) is 30.9 Å². The van der Waals surface area contributed by atoms with Gasteiger partial charge < -0.3 is 4.74 Å². The molecule has 1 saturated heterocycles. The Balaban J connectivity index is 1.97. The topological polar surface area (TPSA) is 39.4 Å². The lowest BCUT2D eigenvalue weighted by Gasteiger charge is -2.08. The lowest BCUT2D eigenvalue weighted by atomic mass is 10.2. The molecule has 0 saturated carbocycles. The van der Waals surface area contributed by atoms with E-state index in [9.17, 15) is 0 Å². The smallest absolute Gasteiger partial charge is 0.160 e. The Labute approximate surface area is 94.3 Å². The first-order chi connectivity index (χ1) is 7.84. The highest BCUT2D eigenvalue weighted by Gasteiger charge is 2.19. The number of ether oxygens (including phenoxy) is 1. The highest BCUT2D eigenvalue weighted by molar-refractivity contribution is 5.39. The Morgan fingerprint density at radius 1 is 1.44 bits per heavy atom. The molecule has 1 aliphatic heterocycles. The van der Waals surface area contributed by atoms with Gasteiger partial charge in [0.05, 0.1) is 6.10 Å². The van der Waals surface area contributed by atoms with Crippen LogP contribution in [0.15, 0.2) is 18.2 Å². The fraction of sp³-hybridized carbons (Fsp3) is 0.500. The molecule has 3 rings (SSSR count). The van der Waals surface area contributed by atoms with Crippen LogP contribution in [0.5, 0.6) is 0 Å². The number of aromatic nitrogens is 3. The SMILES string of the molecule is Cc1cccc2nnc(CC3CCCO3)n12. The second kappa shape index (κ2) is 3.87. The summed E-state index contributed by atoms with van der Waals surface area (Å²) in [6, 6.07) is 6.07. The van der Waals surface area contributed by atoms with E-state index in [0.29, 0.717) is 6.10 Å². The predicted molar refractivity (Wildman–Crippen MR) is 60.4 cm³/mol. The summed E-state index contributed by atoms with van der Waals surface area (Å²) in [5.74, 6) is 1.01. The van der Waals surface area contributed by atoms with Gasteiger partial charge >= 0.3 is 0 Å². The van der Waals surface area contributed by atoms with Gasteiger partial charge in [0.25, 0.3) is 0 Å². The summed E-state index contributed by atoms with van der Waals surface area (Å²) in [4.78, 5) is 0. The van der Waals surface area contributed by atoms with E-state index in [1.807, 2.05) is 12.1 Å². The summed E-state index contributed by atoms with van der Waals surface area (Å²) in [5, 5.41) is 8.43. The van der Waals surface area contributed by atoms with Crippen molar-refractivity contribution in [3.63, 3.8) is 0 Å². The van der Waals surface area contributed by atoms with E-state index in [2.05, 4.69) is 27.6 Å². The molecule has 0 bridgehead atoms. The molecule has 0 radical (unpaired) electrons. The molecule has 2 aromatic heterocycles. The van der Waals surface area contributed by atoms with Crippen LogP contribution in [0.25, 0.3) is 5.65 Å². The minimum Gasteiger partial charge on any atom is -0.378 e. The zero-order chi connectivity index (χ0) is 11.0. The molecule has 1 atom stereocenters. The fourth-order valence-electron chi connectivity index (χ4n) is 2.31. The maximum absolute atomic E-state index is 5.63. The van der Waals surface area contributed by atoms with Gasteiger partial charge in [-0.2, -0.15) is 0 Å². The first-order valence-electron chi connectivity index (χ1n) is 5.76. The van der Waals surface area contributed by atoms with Crippen LogP contribution in [0, 0.1) is 6.92 Å². The standard InChI is InChI=1S/C12H15N3O/c1-9-4-2-6-11-13-14-12(15(9)11)8-10-5-3-7-16-10/h2,4,6,10H,3,5,7-8H2,1H3. The van der Waals surface area contributed by atoms with Crippen LogP contribution in [0.1, 0.15) is 24.4 Å². The van der Waals surface area contributed by atoms with Crippen molar-refractivity contribution in [1.82, 2.24) is 14.6 Å². The average Bonchev–Trinajstić information content (AvgIpc) is 2.90. The van der Waals surface area contributed by atoms with Crippen molar-refractivity contribution in [1.29, 1.82) is 0 Å². The number of fused-ring (bicyclic) bond motifs is 1. The first kappa shape index (κ1) is 9.78. The van der Waals surface area contributed by atoms with Crippen LogP contribution in [0.4, 0.5) is 0 Å².